The van der Waals surface area contributed by atoms with Crippen LogP contribution in [0.4, 0.5) is 5.82 Å². The summed E-state index contributed by atoms with van der Waals surface area (Å²) in [6, 6.07) is 11.3. The molecule has 2 aliphatic rings. The van der Waals surface area contributed by atoms with Crippen LogP contribution in [0.1, 0.15) is 42.9 Å². The van der Waals surface area contributed by atoms with Gasteiger partial charge in [0.2, 0.25) is 10.0 Å². The Hall–Kier alpha value is -1.92. The SMILES string of the molecule is Cc1ccc(S(=O)(=O)N2CCC[C@@H]2c2cccnc2NC2CC2)cc1. The van der Waals surface area contributed by atoms with E-state index in [-0.39, 0.29) is 6.04 Å². The molecule has 1 atom stereocenters. The van der Waals surface area contributed by atoms with Crippen LogP contribution in [-0.2, 0) is 10.0 Å². The highest BCUT2D eigenvalue weighted by Gasteiger charge is 2.38. The van der Waals surface area contributed by atoms with Crippen LogP contribution >= 0.6 is 0 Å². The first kappa shape index (κ1) is 16.5. The van der Waals surface area contributed by atoms with Gasteiger partial charge in [-0.3, -0.25) is 0 Å². The molecule has 2 fully saturated rings. The molecular weight excluding hydrogens is 334 g/mol. The summed E-state index contributed by atoms with van der Waals surface area (Å²) >= 11 is 0. The minimum atomic E-state index is -3.50. The Balaban J connectivity index is 1.68. The zero-order valence-electron chi connectivity index (χ0n) is 14.4. The lowest BCUT2D eigenvalue weighted by Gasteiger charge is -2.26. The number of aryl methyl sites for hydroxylation is 1. The van der Waals surface area contributed by atoms with Crippen LogP contribution in [0.3, 0.4) is 0 Å². The van der Waals surface area contributed by atoms with Gasteiger partial charge in [0, 0.05) is 24.3 Å². The van der Waals surface area contributed by atoms with E-state index in [1.54, 1.807) is 22.6 Å². The van der Waals surface area contributed by atoms with E-state index in [2.05, 4.69) is 10.3 Å². The first-order chi connectivity index (χ1) is 12.1. The van der Waals surface area contributed by atoms with Crippen LogP contribution in [0.5, 0.6) is 0 Å². The molecule has 0 bridgehead atoms. The number of sulfonamides is 1. The number of nitrogens with zero attached hydrogens (tertiary/aromatic N) is 2. The Morgan fingerprint density at radius 2 is 1.88 bits per heavy atom. The number of nitrogens with one attached hydrogen (secondary N) is 1. The summed E-state index contributed by atoms with van der Waals surface area (Å²) in [4.78, 5) is 4.84. The molecule has 2 heterocycles. The van der Waals surface area contributed by atoms with Gasteiger partial charge in [-0.2, -0.15) is 4.31 Å². The fourth-order valence-electron chi connectivity index (χ4n) is 3.41. The van der Waals surface area contributed by atoms with E-state index in [0.717, 1.165) is 42.6 Å². The van der Waals surface area contributed by atoms with Crippen LogP contribution in [0.2, 0.25) is 0 Å². The number of anilines is 1. The number of benzene rings is 1. The second kappa shape index (κ2) is 6.42. The second-order valence-electron chi connectivity index (χ2n) is 6.95. The van der Waals surface area contributed by atoms with Gasteiger partial charge in [0.05, 0.1) is 10.9 Å². The summed E-state index contributed by atoms with van der Waals surface area (Å²) in [5.74, 6) is 0.834. The molecule has 1 aromatic carbocycles. The standard InChI is InChI=1S/C19H23N3O2S/c1-14-6-10-16(11-7-14)25(23,24)22-13-3-5-18(22)17-4-2-12-20-19(17)21-15-8-9-15/h2,4,6-7,10-12,15,18H,3,5,8-9,13H2,1H3,(H,20,21)/t18-/m1/s1. The lowest BCUT2D eigenvalue weighted by molar-refractivity contribution is 0.397. The minimum absolute atomic E-state index is 0.152. The molecule has 1 aliphatic heterocycles. The van der Waals surface area contributed by atoms with Gasteiger partial charge in [-0.15, -0.1) is 0 Å². The van der Waals surface area contributed by atoms with Gasteiger partial charge in [0.15, 0.2) is 0 Å². The van der Waals surface area contributed by atoms with Crippen molar-refractivity contribution in [3.05, 3.63) is 53.7 Å². The molecular formula is C19H23N3O2S. The molecule has 1 N–H and O–H groups in total. The van der Waals surface area contributed by atoms with E-state index in [1.165, 1.54) is 0 Å². The molecule has 1 saturated carbocycles. The van der Waals surface area contributed by atoms with Crippen molar-refractivity contribution < 1.29 is 8.42 Å². The Morgan fingerprint density at radius 3 is 2.60 bits per heavy atom. The smallest absolute Gasteiger partial charge is 0.243 e. The fourth-order valence-corrected chi connectivity index (χ4v) is 5.09. The fraction of sp³-hybridized carbons (Fsp3) is 0.421. The van der Waals surface area contributed by atoms with Crippen LogP contribution in [0.25, 0.3) is 0 Å². The molecule has 2 aromatic rings. The molecule has 0 radical (unpaired) electrons. The molecule has 0 amide bonds. The molecule has 0 spiro atoms. The van der Waals surface area contributed by atoms with E-state index in [4.69, 9.17) is 0 Å². The number of hydrogen-bond donors (Lipinski definition) is 1. The predicted octanol–water partition coefficient (Wildman–Crippen LogP) is 3.49. The van der Waals surface area contributed by atoms with Crippen molar-refractivity contribution in [2.45, 2.75) is 49.6 Å². The zero-order valence-corrected chi connectivity index (χ0v) is 15.2. The van der Waals surface area contributed by atoms with E-state index in [0.29, 0.717) is 17.5 Å². The van der Waals surface area contributed by atoms with E-state index >= 15 is 0 Å². The molecule has 6 heteroatoms. The Bertz CT molecular complexity index is 860. The molecule has 132 valence electrons. The van der Waals surface area contributed by atoms with E-state index < -0.39 is 10.0 Å². The summed E-state index contributed by atoms with van der Waals surface area (Å²) in [6.45, 7) is 2.51. The van der Waals surface area contributed by atoms with Crippen LogP contribution in [0.15, 0.2) is 47.5 Å². The second-order valence-corrected chi connectivity index (χ2v) is 8.84. The Kier molecular flexibility index (Phi) is 4.25. The normalized spacial score (nSPS) is 21.4. The van der Waals surface area contributed by atoms with Crippen molar-refractivity contribution in [1.29, 1.82) is 0 Å². The van der Waals surface area contributed by atoms with Gasteiger partial charge in [-0.05, 0) is 50.8 Å². The summed E-state index contributed by atoms with van der Waals surface area (Å²) in [7, 11) is -3.50. The monoisotopic (exact) mass is 357 g/mol. The molecule has 5 nitrogen and oxygen atoms in total. The number of pyridine rings is 1. The van der Waals surface area contributed by atoms with Crippen LogP contribution < -0.4 is 5.32 Å². The average molecular weight is 357 g/mol. The highest BCUT2D eigenvalue weighted by molar-refractivity contribution is 7.89. The van der Waals surface area contributed by atoms with E-state index in [9.17, 15) is 8.42 Å². The summed E-state index contributed by atoms with van der Waals surface area (Å²) in [5, 5.41) is 3.45. The topological polar surface area (TPSA) is 62.3 Å². The van der Waals surface area contributed by atoms with E-state index in [1.807, 2.05) is 31.2 Å². The molecule has 0 unspecified atom stereocenters. The van der Waals surface area contributed by atoms with Crippen molar-refractivity contribution in [2.75, 3.05) is 11.9 Å². The van der Waals surface area contributed by atoms with Crippen molar-refractivity contribution >= 4 is 15.8 Å². The first-order valence-electron chi connectivity index (χ1n) is 8.86. The summed E-state index contributed by atoms with van der Waals surface area (Å²) < 4.78 is 28.0. The lowest BCUT2D eigenvalue weighted by Crippen LogP contribution is -2.31. The Labute approximate surface area is 149 Å². The van der Waals surface area contributed by atoms with Gasteiger partial charge in [-0.25, -0.2) is 13.4 Å². The van der Waals surface area contributed by atoms with Crippen molar-refractivity contribution in [2.24, 2.45) is 0 Å². The summed E-state index contributed by atoms with van der Waals surface area (Å²) in [5.41, 5.74) is 2.04. The molecule has 1 aromatic heterocycles. The number of rotatable bonds is 5. The van der Waals surface area contributed by atoms with Crippen LogP contribution in [-0.4, -0.2) is 30.3 Å². The van der Waals surface area contributed by atoms with Gasteiger partial charge < -0.3 is 5.32 Å². The molecule has 25 heavy (non-hydrogen) atoms. The zero-order chi connectivity index (χ0) is 17.4. The van der Waals surface area contributed by atoms with Gasteiger partial charge in [0.25, 0.3) is 0 Å². The summed E-state index contributed by atoms with van der Waals surface area (Å²) in [6.07, 6.45) is 5.78. The lowest BCUT2D eigenvalue weighted by atomic mass is 10.1. The highest BCUT2D eigenvalue weighted by Crippen LogP contribution is 2.39. The van der Waals surface area contributed by atoms with Crippen molar-refractivity contribution in [3.8, 4) is 0 Å². The Morgan fingerprint density at radius 1 is 1.12 bits per heavy atom. The highest BCUT2D eigenvalue weighted by atomic mass is 32.2. The third-order valence-electron chi connectivity index (χ3n) is 4.95. The largest absolute Gasteiger partial charge is 0.367 e. The minimum Gasteiger partial charge on any atom is -0.367 e. The van der Waals surface area contributed by atoms with Crippen molar-refractivity contribution in [1.82, 2.24) is 9.29 Å². The molecule has 4 rings (SSSR count). The van der Waals surface area contributed by atoms with Gasteiger partial charge in [-0.1, -0.05) is 23.8 Å². The van der Waals surface area contributed by atoms with Gasteiger partial charge in [0.1, 0.15) is 5.82 Å². The predicted molar refractivity (Wildman–Crippen MR) is 97.9 cm³/mol. The third-order valence-corrected chi connectivity index (χ3v) is 6.87. The first-order valence-corrected chi connectivity index (χ1v) is 10.3. The quantitative estimate of drug-likeness (QED) is 0.890. The van der Waals surface area contributed by atoms with Gasteiger partial charge >= 0.3 is 0 Å². The number of hydrogen-bond acceptors (Lipinski definition) is 4. The maximum Gasteiger partial charge on any atom is 0.243 e. The van der Waals surface area contributed by atoms with Crippen molar-refractivity contribution in [3.63, 3.8) is 0 Å². The maximum atomic E-state index is 13.2. The average Bonchev–Trinajstić information content (AvgIpc) is 3.27. The molecule has 1 saturated heterocycles. The molecule has 1 aliphatic carbocycles. The number of aromatic nitrogens is 1. The third kappa shape index (κ3) is 3.28. The van der Waals surface area contributed by atoms with Crippen LogP contribution in [0, 0.1) is 6.92 Å². The maximum absolute atomic E-state index is 13.2.